The molecule has 1 aromatic rings. The maximum absolute atomic E-state index is 12.3. The monoisotopic (exact) mass is 372 g/mol. The van der Waals surface area contributed by atoms with E-state index in [-0.39, 0.29) is 18.1 Å². The summed E-state index contributed by atoms with van der Waals surface area (Å²) in [6.07, 6.45) is 5.71. The molecule has 7 nitrogen and oxygen atoms in total. The molecule has 0 spiro atoms. The smallest absolute Gasteiger partial charge is 0.315 e. The van der Waals surface area contributed by atoms with E-state index in [1.54, 1.807) is 0 Å². The number of likely N-dealkylation sites (tertiary alicyclic amines) is 1. The van der Waals surface area contributed by atoms with E-state index in [1.165, 1.54) is 18.4 Å². The van der Waals surface area contributed by atoms with E-state index in [0.717, 1.165) is 38.9 Å². The number of piperidine rings is 1. The molecule has 3 atom stereocenters. The molecule has 3 aliphatic rings. The van der Waals surface area contributed by atoms with Gasteiger partial charge in [-0.2, -0.15) is 5.53 Å². The number of rotatable bonds is 5. The minimum absolute atomic E-state index is 0.0477. The van der Waals surface area contributed by atoms with Crippen molar-refractivity contribution in [1.82, 2.24) is 31.9 Å². The Labute approximate surface area is 161 Å². The van der Waals surface area contributed by atoms with Crippen molar-refractivity contribution in [3.63, 3.8) is 0 Å². The molecule has 1 saturated carbocycles. The van der Waals surface area contributed by atoms with E-state index >= 15 is 0 Å². The fraction of sp³-hybridized carbons (Fsp3) is 0.650. The van der Waals surface area contributed by atoms with Crippen LogP contribution < -0.4 is 27.0 Å². The molecule has 2 heterocycles. The first-order chi connectivity index (χ1) is 13.3. The summed E-state index contributed by atoms with van der Waals surface area (Å²) < 4.78 is 0. The van der Waals surface area contributed by atoms with Gasteiger partial charge in [-0.1, -0.05) is 30.3 Å². The third-order valence-electron chi connectivity index (χ3n) is 6.28. The highest BCUT2D eigenvalue weighted by Gasteiger charge is 2.37. The fourth-order valence-corrected chi connectivity index (χ4v) is 4.70. The first kappa shape index (κ1) is 18.7. The van der Waals surface area contributed by atoms with Gasteiger partial charge in [0.15, 0.2) is 0 Å². The largest absolute Gasteiger partial charge is 0.337 e. The van der Waals surface area contributed by atoms with Crippen LogP contribution in [-0.2, 0) is 0 Å². The predicted octanol–water partition coefficient (Wildman–Crippen LogP) is 1.07. The first-order valence-corrected chi connectivity index (χ1v) is 10.4. The van der Waals surface area contributed by atoms with Crippen LogP contribution in [0.2, 0.25) is 0 Å². The molecular formula is C20H32N6O. The molecule has 3 unspecified atom stereocenters. The number of fused-ring (bicyclic) bond motifs is 1. The molecular weight excluding hydrogens is 340 g/mol. The third kappa shape index (κ3) is 4.79. The van der Waals surface area contributed by atoms with Crippen molar-refractivity contribution in [2.75, 3.05) is 26.2 Å². The average molecular weight is 373 g/mol. The maximum atomic E-state index is 12.3. The van der Waals surface area contributed by atoms with Crippen LogP contribution in [0.4, 0.5) is 4.79 Å². The molecule has 3 fully saturated rings. The van der Waals surface area contributed by atoms with Crippen LogP contribution in [0, 0.1) is 0 Å². The van der Waals surface area contributed by atoms with Gasteiger partial charge in [-0.3, -0.25) is 0 Å². The van der Waals surface area contributed by atoms with Crippen LogP contribution in [0.15, 0.2) is 30.3 Å². The van der Waals surface area contributed by atoms with Crippen molar-refractivity contribution in [3.8, 4) is 0 Å². The summed E-state index contributed by atoms with van der Waals surface area (Å²) in [7, 11) is 0. The van der Waals surface area contributed by atoms with Gasteiger partial charge in [0, 0.05) is 25.2 Å². The van der Waals surface area contributed by atoms with Gasteiger partial charge in [-0.25, -0.2) is 15.6 Å². The van der Waals surface area contributed by atoms with Crippen LogP contribution in [0.25, 0.3) is 0 Å². The van der Waals surface area contributed by atoms with Crippen molar-refractivity contribution >= 4 is 6.03 Å². The number of nitrogens with zero attached hydrogens (tertiary/aromatic N) is 1. The maximum Gasteiger partial charge on any atom is 0.315 e. The van der Waals surface area contributed by atoms with Gasteiger partial charge < -0.3 is 15.5 Å². The number of hydrogen-bond acceptors (Lipinski definition) is 5. The Hall–Kier alpha value is -1.67. The Morgan fingerprint density at radius 1 is 1.07 bits per heavy atom. The molecule has 4 rings (SSSR count). The molecule has 1 aromatic carbocycles. The number of nitrogens with one attached hydrogen (secondary N) is 5. The lowest BCUT2D eigenvalue weighted by Gasteiger charge is -2.33. The Balaban J connectivity index is 1.14. The summed E-state index contributed by atoms with van der Waals surface area (Å²) in [5.74, 6) is 0.680. The minimum atomic E-state index is -0.0477. The summed E-state index contributed by atoms with van der Waals surface area (Å²) in [4.78, 5) is 14.7. The van der Waals surface area contributed by atoms with Crippen LogP contribution >= 0.6 is 0 Å². The van der Waals surface area contributed by atoms with Crippen LogP contribution in [-0.4, -0.2) is 55.2 Å². The quantitative estimate of drug-likeness (QED) is 0.534. The molecule has 27 heavy (non-hydrogen) atoms. The van der Waals surface area contributed by atoms with Crippen LogP contribution in [0.3, 0.4) is 0 Å². The van der Waals surface area contributed by atoms with Crippen molar-refractivity contribution in [2.24, 2.45) is 0 Å². The second kappa shape index (κ2) is 9.01. The fourth-order valence-electron chi connectivity index (χ4n) is 4.70. The number of amides is 2. The summed E-state index contributed by atoms with van der Waals surface area (Å²) in [6.45, 7) is 3.84. The SMILES string of the molecule is O=C(NCCN1CCC(c2ccccc2)CC1)NC1CCCC2NNNC21. The average Bonchev–Trinajstić information content (AvgIpc) is 3.19. The first-order valence-electron chi connectivity index (χ1n) is 10.4. The van der Waals surface area contributed by atoms with E-state index in [0.29, 0.717) is 18.5 Å². The van der Waals surface area contributed by atoms with Gasteiger partial charge in [0.2, 0.25) is 0 Å². The topological polar surface area (TPSA) is 80.5 Å². The lowest BCUT2D eigenvalue weighted by atomic mass is 9.87. The van der Waals surface area contributed by atoms with Crippen LogP contribution in [0.1, 0.15) is 43.6 Å². The van der Waals surface area contributed by atoms with Gasteiger partial charge in [-0.05, 0) is 56.7 Å². The number of carbonyl (C=O) groups excluding carboxylic acids is 1. The van der Waals surface area contributed by atoms with Crippen molar-refractivity contribution in [2.45, 2.75) is 56.1 Å². The molecule has 0 bridgehead atoms. The standard InChI is InChI=1S/C20H32N6O/c27-20(22-17-7-4-8-18-19(17)24-25-23-18)21-11-14-26-12-9-16(10-13-26)15-5-2-1-3-6-15/h1-3,5-6,16-19,23-25H,4,7-14H2,(H2,21,22,27). The van der Waals surface area contributed by atoms with E-state index < -0.39 is 0 Å². The third-order valence-corrected chi connectivity index (χ3v) is 6.28. The Morgan fingerprint density at radius 3 is 2.70 bits per heavy atom. The number of benzene rings is 1. The molecule has 1 aliphatic carbocycles. The molecule has 0 aromatic heterocycles. The summed E-state index contributed by atoms with van der Waals surface area (Å²) in [5.41, 5.74) is 10.9. The highest BCUT2D eigenvalue weighted by molar-refractivity contribution is 5.74. The molecule has 2 amide bonds. The molecule has 148 valence electrons. The van der Waals surface area contributed by atoms with E-state index in [9.17, 15) is 4.79 Å². The molecule has 2 aliphatic heterocycles. The van der Waals surface area contributed by atoms with E-state index in [2.05, 4.69) is 62.3 Å². The van der Waals surface area contributed by atoms with Crippen LogP contribution in [0.5, 0.6) is 0 Å². The second-order valence-corrected chi connectivity index (χ2v) is 8.01. The van der Waals surface area contributed by atoms with Gasteiger partial charge in [0.25, 0.3) is 0 Å². The zero-order valence-electron chi connectivity index (χ0n) is 15.9. The van der Waals surface area contributed by atoms with E-state index in [1.807, 2.05) is 0 Å². The summed E-state index contributed by atoms with van der Waals surface area (Å²) in [5, 5.41) is 6.19. The number of hydrazine groups is 2. The van der Waals surface area contributed by atoms with Gasteiger partial charge >= 0.3 is 6.03 Å². The van der Waals surface area contributed by atoms with Crippen molar-refractivity contribution < 1.29 is 4.79 Å². The minimum Gasteiger partial charge on any atom is -0.337 e. The second-order valence-electron chi connectivity index (χ2n) is 8.01. The van der Waals surface area contributed by atoms with Gasteiger partial charge in [-0.15, -0.1) is 0 Å². The number of hydrogen-bond donors (Lipinski definition) is 5. The predicted molar refractivity (Wildman–Crippen MR) is 106 cm³/mol. The van der Waals surface area contributed by atoms with Gasteiger partial charge in [0.05, 0.1) is 6.04 Å². The lowest BCUT2D eigenvalue weighted by molar-refractivity contribution is 0.204. The lowest BCUT2D eigenvalue weighted by Crippen LogP contribution is -2.57. The summed E-state index contributed by atoms with van der Waals surface area (Å²) in [6, 6.07) is 11.6. The Morgan fingerprint density at radius 2 is 1.89 bits per heavy atom. The Bertz CT molecular complexity index is 604. The van der Waals surface area contributed by atoms with Crippen molar-refractivity contribution in [1.29, 1.82) is 0 Å². The van der Waals surface area contributed by atoms with Gasteiger partial charge in [0.1, 0.15) is 0 Å². The highest BCUT2D eigenvalue weighted by Crippen LogP contribution is 2.27. The van der Waals surface area contributed by atoms with E-state index in [4.69, 9.17) is 0 Å². The Kier molecular flexibility index (Phi) is 6.24. The summed E-state index contributed by atoms with van der Waals surface area (Å²) >= 11 is 0. The molecule has 0 radical (unpaired) electrons. The molecule has 5 N–H and O–H groups in total. The zero-order chi connectivity index (χ0) is 18.5. The number of carbonyl (C=O) groups is 1. The highest BCUT2D eigenvalue weighted by atomic mass is 16.2. The molecule has 2 saturated heterocycles. The normalized spacial score (nSPS) is 29.3. The molecule has 7 heteroatoms. The number of urea groups is 1. The van der Waals surface area contributed by atoms with Crippen molar-refractivity contribution in [3.05, 3.63) is 35.9 Å². The zero-order valence-corrected chi connectivity index (χ0v) is 15.9.